The van der Waals surface area contributed by atoms with Crippen LogP contribution in [-0.4, -0.2) is 37.9 Å². The molecule has 1 fully saturated rings. The SMILES string of the molecule is CCC1CN(NC)CCO1. The molecule has 0 aromatic carbocycles. The van der Waals surface area contributed by atoms with E-state index in [4.69, 9.17) is 4.74 Å². The van der Waals surface area contributed by atoms with Crippen molar-refractivity contribution in [1.29, 1.82) is 0 Å². The Morgan fingerprint density at radius 3 is 3.10 bits per heavy atom. The second kappa shape index (κ2) is 3.91. The smallest absolute Gasteiger partial charge is 0.0714 e. The van der Waals surface area contributed by atoms with Gasteiger partial charge in [0.25, 0.3) is 0 Å². The van der Waals surface area contributed by atoms with E-state index >= 15 is 0 Å². The van der Waals surface area contributed by atoms with Gasteiger partial charge in [0.15, 0.2) is 0 Å². The van der Waals surface area contributed by atoms with E-state index in [2.05, 4.69) is 17.4 Å². The van der Waals surface area contributed by atoms with Crippen molar-refractivity contribution < 1.29 is 4.74 Å². The average molecular weight is 144 g/mol. The zero-order valence-corrected chi connectivity index (χ0v) is 6.76. The van der Waals surface area contributed by atoms with E-state index in [0.29, 0.717) is 6.10 Å². The van der Waals surface area contributed by atoms with Crippen molar-refractivity contribution in [2.45, 2.75) is 19.4 Å². The summed E-state index contributed by atoms with van der Waals surface area (Å²) in [4.78, 5) is 0. The third-order valence-corrected chi connectivity index (χ3v) is 1.91. The molecule has 0 amide bonds. The number of hydrogen-bond donors (Lipinski definition) is 1. The lowest BCUT2D eigenvalue weighted by Gasteiger charge is -2.31. The molecular formula is C7H16N2O. The van der Waals surface area contributed by atoms with Crippen LogP contribution in [0.2, 0.25) is 0 Å². The van der Waals surface area contributed by atoms with Crippen LogP contribution in [-0.2, 0) is 4.74 Å². The molecule has 0 saturated carbocycles. The fraction of sp³-hybridized carbons (Fsp3) is 1.00. The molecule has 0 spiro atoms. The highest BCUT2D eigenvalue weighted by molar-refractivity contribution is 4.66. The second-order valence-electron chi connectivity index (χ2n) is 2.57. The number of rotatable bonds is 2. The van der Waals surface area contributed by atoms with E-state index in [-0.39, 0.29) is 0 Å². The van der Waals surface area contributed by atoms with Gasteiger partial charge in [0.2, 0.25) is 0 Å². The summed E-state index contributed by atoms with van der Waals surface area (Å²) in [6.07, 6.45) is 1.54. The van der Waals surface area contributed by atoms with Crippen LogP contribution in [0.4, 0.5) is 0 Å². The van der Waals surface area contributed by atoms with Crippen molar-refractivity contribution in [2.24, 2.45) is 0 Å². The molecule has 3 heteroatoms. The van der Waals surface area contributed by atoms with Crippen LogP contribution >= 0.6 is 0 Å². The van der Waals surface area contributed by atoms with Crippen molar-refractivity contribution in [3.63, 3.8) is 0 Å². The predicted molar refractivity (Wildman–Crippen MR) is 40.7 cm³/mol. The van der Waals surface area contributed by atoms with Gasteiger partial charge in [0.05, 0.1) is 12.7 Å². The lowest BCUT2D eigenvalue weighted by Crippen LogP contribution is -2.47. The summed E-state index contributed by atoms with van der Waals surface area (Å²) in [5, 5.41) is 2.19. The Hall–Kier alpha value is -0.120. The third-order valence-electron chi connectivity index (χ3n) is 1.91. The van der Waals surface area contributed by atoms with Gasteiger partial charge in [-0.25, -0.2) is 5.01 Å². The van der Waals surface area contributed by atoms with Crippen LogP contribution in [0.15, 0.2) is 0 Å². The van der Waals surface area contributed by atoms with Gasteiger partial charge in [-0.3, -0.25) is 5.43 Å². The van der Waals surface area contributed by atoms with Gasteiger partial charge in [-0.2, -0.15) is 0 Å². The molecule has 60 valence electrons. The fourth-order valence-corrected chi connectivity index (χ4v) is 1.17. The van der Waals surface area contributed by atoms with Crippen molar-refractivity contribution >= 4 is 0 Å². The Bertz CT molecular complexity index is 87.6. The Labute approximate surface area is 62.3 Å². The maximum Gasteiger partial charge on any atom is 0.0714 e. The molecule has 1 N–H and O–H groups in total. The molecular weight excluding hydrogens is 128 g/mol. The minimum atomic E-state index is 0.432. The average Bonchev–Trinajstić information content (AvgIpc) is 2.05. The number of nitrogens with one attached hydrogen (secondary N) is 1. The number of hydrogen-bond acceptors (Lipinski definition) is 3. The summed E-state index contributed by atoms with van der Waals surface area (Å²) in [5.41, 5.74) is 3.12. The van der Waals surface area contributed by atoms with Gasteiger partial charge in [-0.1, -0.05) is 6.92 Å². The van der Waals surface area contributed by atoms with E-state index in [0.717, 1.165) is 26.1 Å². The number of ether oxygens (including phenoxy) is 1. The molecule has 1 rings (SSSR count). The molecule has 1 unspecified atom stereocenters. The summed E-state index contributed by atoms with van der Waals surface area (Å²) in [6.45, 7) is 5.04. The summed E-state index contributed by atoms with van der Waals surface area (Å²) >= 11 is 0. The zero-order valence-electron chi connectivity index (χ0n) is 6.76. The fourth-order valence-electron chi connectivity index (χ4n) is 1.17. The molecule has 0 radical (unpaired) electrons. The Morgan fingerprint density at radius 2 is 2.50 bits per heavy atom. The van der Waals surface area contributed by atoms with Crippen LogP contribution in [0.5, 0.6) is 0 Å². The van der Waals surface area contributed by atoms with Crippen LogP contribution in [0, 0.1) is 0 Å². The first kappa shape index (κ1) is 7.98. The van der Waals surface area contributed by atoms with Crippen LogP contribution in [0.3, 0.4) is 0 Å². The standard InChI is InChI=1S/C7H16N2O/c1-3-7-6-9(8-2)4-5-10-7/h7-8H,3-6H2,1-2H3. The van der Waals surface area contributed by atoms with E-state index in [9.17, 15) is 0 Å². The molecule has 1 saturated heterocycles. The maximum absolute atomic E-state index is 5.48. The predicted octanol–water partition coefficient (Wildman–Crippen LogP) is 0.232. The Kier molecular flexibility index (Phi) is 3.12. The van der Waals surface area contributed by atoms with Gasteiger partial charge in [-0.05, 0) is 13.5 Å². The highest BCUT2D eigenvalue weighted by atomic mass is 16.5. The van der Waals surface area contributed by atoms with E-state index in [1.54, 1.807) is 0 Å². The summed E-state index contributed by atoms with van der Waals surface area (Å²) in [5.74, 6) is 0. The van der Waals surface area contributed by atoms with E-state index in [1.807, 2.05) is 7.05 Å². The molecule has 1 aliphatic rings. The quantitative estimate of drug-likeness (QED) is 0.600. The number of morpholine rings is 1. The molecule has 1 aliphatic heterocycles. The first-order valence-corrected chi connectivity index (χ1v) is 3.90. The number of hydrazine groups is 1. The molecule has 0 bridgehead atoms. The Morgan fingerprint density at radius 1 is 1.70 bits per heavy atom. The van der Waals surface area contributed by atoms with E-state index in [1.165, 1.54) is 0 Å². The molecule has 1 heterocycles. The van der Waals surface area contributed by atoms with Crippen LogP contribution < -0.4 is 5.43 Å². The molecule has 10 heavy (non-hydrogen) atoms. The third kappa shape index (κ3) is 1.94. The highest BCUT2D eigenvalue weighted by Crippen LogP contribution is 2.04. The molecule has 1 atom stereocenters. The Balaban J connectivity index is 2.25. The zero-order chi connectivity index (χ0) is 7.40. The summed E-state index contributed by atoms with van der Waals surface area (Å²) in [7, 11) is 1.96. The van der Waals surface area contributed by atoms with Gasteiger partial charge in [0.1, 0.15) is 0 Å². The molecule has 0 aromatic heterocycles. The van der Waals surface area contributed by atoms with Gasteiger partial charge >= 0.3 is 0 Å². The second-order valence-corrected chi connectivity index (χ2v) is 2.57. The number of nitrogens with zero attached hydrogens (tertiary/aromatic N) is 1. The van der Waals surface area contributed by atoms with Crippen molar-refractivity contribution in [1.82, 2.24) is 10.4 Å². The van der Waals surface area contributed by atoms with Crippen molar-refractivity contribution in [2.75, 3.05) is 26.7 Å². The molecule has 0 aromatic rings. The lowest BCUT2D eigenvalue weighted by molar-refractivity contribution is -0.0448. The first-order chi connectivity index (χ1) is 4.86. The minimum absolute atomic E-state index is 0.432. The molecule has 3 nitrogen and oxygen atoms in total. The lowest BCUT2D eigenvalue weighted by atomic mass is 10.2. The molecule has 0 aliphatic carbocycles. The van der Waals surface area contributed by atoms with Crippen molar-refractivity contribution in [3.05, 3.63) is 0 Å². The van der Waals surface area contributed by atoms with E-state index < -0.39 is 0 Å². The summed E-state index contributed by atoms with van der Waals surface area (Å²) in [6, 6.07) is 0. The topological polar surface area (TPSA) is 24.5 Å². The van der Waals surface area contributed by atoms with Crippen LogP contribution in [0.25, 0.3) is 0 Å². The maximum atomic E-state index is 5.48. The van der Waals surface area contributed by atoms with Crippen LogP contribution in [0.1, 0.15) is 13.3 Å². The van der Waals surface area contributed by atoms with Gasteiger partial charge < -0.3 is 4.74 Å². The monoisotopic (exact) mass is 144 g/mol. The largest absolute Gasteiger partial charge is 0.375 e. The highest BCUT2D eigenvalue weighted by Gasteiger charge is 2.16. The van der Waals surface area contributed by atoms with Crippen molar-refractivity contribution in [3.8, 4) is 0 Å². The summed E-state index contributed by atoms with van der Waals surface area (Å²) < 4.78 is 5.48. The van der Waals surface area contributed by atoms with Gasteiger partial charge in [0, 0.05) is 13.1 Å². The first-order valence-electron chi connectivity index (χ1n) is 3.90. The normalized spacial score (nSPS) is 28.8. The van der Waals surface area contributed by atoms with Gasteiger partial charge in [-0.15, -0.1) is 0 Å². The minimum Gasteiger partial charge on any atom is -0.375 e.